The number of para-hydroxylation sites is 1. The van der Waals surface area contributed by atoms with E-state index in [-0.39, 0.29) is 16.2 Å². The minimum Gasteiger partial charge on any atom is -0.335 e. The van der Waals surface area contributed by atoms with Crippen LogP contribution in [0.2, 0.25) is 0 Å². The normalized spacial score (nSPS) is 14.5. The van der Waals surface area contributed by atoms with Crippen molar-refractivity contribution in [3.05, 3.63) is 66.3 Å². The largest absolute Gasteiger partial charge is 0.335 e. The first-order valence-electron chi connectivity index (χ1n) is 6.83. The van der Waals surface area contributed by atoms with E-state index in [4.69, 9.17) is 12.2 Å². The zero-order valence-corrected chi connectivity index (χ0v) is 12.5. The number of hydrogen-bond acceptors (Lipinski definition) is 5. The predicted octanol–water partition coefficient (Wildman–Crippen LogP) is 1.90. The summed E-state index contributed by atoms with van der Waals surface area (Å²) in [5, 5.41) is 11.1. The number of benzene rings is 1. The molecule has 0 aliphatic carbocycles. The second kappa shape index (κ2) is 5.82. The van der Waals surface area contributed by atoms with Gasteiger partial charge in [-0.3, -0.25) is 24.8 Å². The first-order chi connectivity index (χ1) is 10.5. The fourth-order valence-electron chi connectivity index (χ4n) is 2.71. The van der Waals surface area contributed by atoms with Crippen LogP contribution in [0.4, 0.5) is 5.69 Å². The Kier molecular flexibility index (Phi) is 3.86. The van der Waals surface area contributed by atoms with E-state index in [1.54, 1.807) is 18.2 Å². The van der Waals surface area contributed by atoms with Crippen molar-refractivity contribution in [1.29, 1.82) is 0 Å². The molecule has 0 atom stereocenters. The SMILES string of the molecule is O=c1[nH]c(=S)[nH]c2c1CN(Cc1ccccc1[N+](=O)[O-])CC2. The molecule has 0 saturated carbocycles. The van der Waals surface area contributed by atoms with E-state index >= 15 is 0 Å². The monoisotopic (exact) mass is 318 g/mol. The number of aromatic nitrogens is 2. The average Bonchev–Trinajstić information content (AvgIpc) is 2.48. The van der Waals surface area contributed by atoms with Crippen LogP contribution in [-0.2, 0) is 19.5 Å². The van der Waals surface area contributed by atoms with Gasteiger partial charge >= 0.3 is 0 Å². The van der Waals surface area contributed by atoms with Crippen LogP contribution in [0.15, 0.2) is 29.1 Å². The van der Waals surface area contributed by atoms with Crippen LogP contribution in [0, 0.1) is 14.9 Å². The lowest BCUT2D eigenvalue weighted by molar-refractivity contribution is -0.385. The summed E-state index contributed by atoms with van der Waals surface area (Å²) < 4.78 is 0.330. The number of nitro groups is 1. The van der Waals surface area contributed by atoms with Gasteiger partial charge in [0.2, 0.25) is 0 Å². The Morgan fingerprint density at radius 1 is 1.32 bits per heavy atom. The van der Waals surface area contributed by atoms with Crippen LogP contribution in [0.1, 0.15) is 16.8 Å². The molecule has 1 aromatic carbocycles. The van der Waals surface area contributed by atoms with Crippen molar-refractivity contribution < 1.29 is 4.92 Å². The van der Waals surface area contributed by atoms with E-state index in [0.717, 1.165) is 5.69 Å². The molecule has 0 saturated heterocycles. The van der Waals surface area contributed by atoms with Gasteiger partial charge in [0.1, 0.15) is 0 Å². The summed E-state index contributed by atoms with van der Waals surface area (Å²) in [6, 6.07) is 6.68. The molecule has 22 heavy (non-hydrogen) atoms. The Labute approximate surface area is 130 Å². The minimum absolute atomic E-state index is 0.106. The van der Waals surface area contributed by atoms with Crippen LogP contribution in [0.25, 0.3) is 0 Å². The molecule has 2 heterocycles. The first-order valence-corrected chi connectivity index (χ1v) is 7.24. The van der Waals surface area contributed by atoms with Gasteiger partial charge in [0.05, 0.1) is 10.5 Å². The van der Waals surface area contributed by atoms with Gasteiger partial charge in [-0.25, -0.2) is 0 Å². The number of nitro benzene ring substituents is 1. The molecule has 0 amide bonds. The van der Waals surface area contributed by atoms with Gasteiger partial charge in [-0.1, -0.05) is 18.2 Å². The zero-order chi connectivity index (χ0) is 15.7. The van der Waals surface area contributed by atoms with Crippen molar-refractivity contribution in [2.24, 2.45) is 0 Å². The molecular weight excluding hydrogens is 304 g/mol. The molecule has 1 aliphatic rings. The maximum Gasteiger partial charge on any atom is 0.273 e. The molecule has 7 nitrogen and oxygen atoms in total. The molecule has 114 valence electrons. The Bertz CT molecular complexity index is 842. The number of fused-ring (bicyclic) bond motifs is 1. The summed E-state index contributed by atoms with van der Waals surface area (Å²) in [6.45, 7) is 1.60. The van der Waals surface area contributed by atoms with Crippen LogP contribution in [0.3, 0.4) is 0 Å². The zero-order valence-electron chi connectivity index (χ0n) is 11.7. The second-order valence-corrected chi connectivity index (χ2v) is 5.62. The molecule has 1 aliphatic heterocycles. The first kappa shape index (κ1) is 14.6. The van der Waals surface area contributed by atoms with E-state index in [9.17, 15) is 14.9 Å². The quantitative estimate of drug-likeness (QED) is 0.512. The maximum absolute atomic E-state index is 12.0. The van der Waals surface area contributed by atoms with Gasteiger partial charge in [0.15, 0.2) is 4.77 Å². The summed E-state index contributed by atoms with van der Waals surface area (Å²) in [5.74, 6) is 0. The lowest BCUT2D eigenvalue weighted by Gasteiger charge is -2.27. The third kappa shape index (κ3) is 2.83. The smallest absolute Gasteiger partial charge is 0.273 e. The molecule has 3 rings (SSSR count). The highest BCUT2D eigenvalue weighted by Crippen LogP contribution is 2.22. The Balaban J connectivity index is 1.86. The second-order valence-electron chi connectivity index (χ2n) is 5.21. The molecule has 2 aromatic rings. The fraction of sp³-hybridized carbons (Fsp3) is 0.286. The number of H-pyrrole nitrogens is 2. The summed E-state index contributed by atoms with van der Waals surface area (Å²) in [7, 11) is 0. The van der Waals surface area contributed by atoms with Crippen LogP contribution < -0.4 is 5.56 Å². The van der Waals surface area contributed by atoms with E-state index in [0.29, 0.717) is 42.0 Å². The van der Waals surface area contributed by atoms with Crippen molar-refractivity contribution in [2.75, 3.05) is 6.54 Å². The van der Waals surface area contributed by atoms with Crippen molar-refractivity contribution >= 4 is 17.9 Å². The lowest BCUT2D eigenvalue weighted by atomic mass is 10.1. The molecule has 0 radical (unpaired) electrons. The van der Waals surface area contributed by atoms with Gasteiger partial charge in [0, 0.05) is 43.4 Å². The Hall–Kier alpha value is -2.32. The highest BCUT2D eigenvalue weighted by atomic mass is 32.1. The Morgan fingerprint density at radius 2 is 2.09 bits per heavy atom. The highest BCUT2D eigenvalue weighted by molar-refractivity contribution is 7.71. The summed E-state index contributed by atoms with van der Waals surface area (Å²) >= 11 is 4.97. The van der Waals surface area contributed by atoms with Crippen molar-refractivity contribution in [3.63, 3.8) is 0 Å². The predicted molar refractivity (Wildman–Crippen MR) is 83.2 cm³/mol. The van der Waals surface area contributed by atoms with Gasteiger partial charge < -0.3 is 4.98 Å². The summed E-state index contributed by atoms with van der Waals surface area (Å²) in [5.41, 5.74) is 2.07. The molecule has 0 spiro atoms. The van der Waals surface area contributed by atoms with Crippen LogP contribution in [-0.4, -0.2) is 26.3 Å². The van der Waals surface area contributed by atoms with Crippen LogP contribution >= 0.6 is 12.2 Å². The Morgan fingerprint density at radius 3 is 2.86 bits per heavy atom. The molecular formula is C14H14N4O3S. The van der Waals surface area contributed by atoms with E-state index in [1.165, 1.54) is 6.07 Å². The number of hydrogen-bond donors (Lipinski definition) is 2. The molecule has 1 aromatic heterocycles. The van der Waals surface area contributed by atoms with E-state index in [2.05, 4.69) is 9.97 Å². The topological polar surface area (TPSA) is 95.0 Å². The third-order valence-corrected chi connectivity index (χ3v) is 3.98. The lowest BCUT2D eigenvalue weighted by Crippen LogP contribution is -2.35. The molecule has 2 N–H and O–H groups in total. The number of rotatable bonds is 3. The number of aromatic amines is 2. The third-order valence-electron chi connectivity index (χ3n) is 3.77. The van der Waals surface area contributed by atoms with E-state index < -0.39 is 0 Å². The molecule has 8 heteroatoms. The number of nitrogens with zero attached hydrogens (tertiary/aromatic N) is 2. The van der Waals surface area contributed by atoms with Crippen molar-refractivity contribution in [3.8, 4) is 0 Å². The highest BCUT2D eigenvalue weighted by Gasteiger charge is 2.22. The number of nitrogens with one attached hydrogen (secondary N) is 2. The van der Waals surface area contributed by atoms with Gasteiger partial charge in [-0.15, -0.1) is 0 Å². The van der Waals surface area contributed by atoms with Gasteiger partial charge in [-0.05, 0) is 12.2 Å². The average molecular weight is 318 g/mol. The fourth-order valence-corrected chi connectivity index (χ4v) is 2.93. The van der Waals surface area contributed by atoms with Crippen LogP contribution in [0.5, 0.6) is 0 Å². The minimum atomic E-state index is -0.378. The van der Waals surface area contributed by atoms with Crippen molar-refractivity contribution in [2.45, 2.75) is 19.5 Å². The summed E-state index contributed by atoms with van der Waals surface area (Å²) in [6.07, 6.45) is 0.670. The molecule has 0 bridgehead atoms. The van der Waals surface area contributed by atoms with Crippen molar-refractivity contribution in [1.82, 2.24) is 14.9 Å². The standard InChI is InChI=1S/C14H14N4O3S/c19-13-10-8-17(6-5-11(10)15-14(22)16-13)7-9-3-1-2-4-12(9)18(20)21/h1-4H,5-8H2,(H2,15,16,19,22). The maximum atomic E-state index is 12.0. The molecule has 0 unspecified atom stereocenters. The summed E-state index contributed by atoms with van der Waals surface area (Å²) in [4.78, 5) is 30.3. The van der Waals surface area contributed by atoms with Gasteiger partial charge in [-0.2, -0.15) is 0 Å². The van der Waals surface area contributed by atoms with E-state index in [1.807, 2.05) is 4.90 Å². The van der Waals surface area contributed by atoms with Gasteiger partial charge in [0.25, 0.3) is 11.2 Å². The molecule has 0 fully saturated rings.